The van der Waals surface area contributed by atoms with Crippen molar-refractivity contribution in [3.05, 3.63) is 118 Å². The van der Waals surface area contributed by atoms with E-state index in [-0.39, 0.29) is 23.4 Å². The Bertz CT molecular complexity index is 1680. The molecule has 1 saturated heterocycles. The van der Waals surface area contributed by atoms with Gasteiger partial charge in [-0.25, -0.2) is 0 Å². The Morgan fingerprint density at radius 3 is 2.55 bits per heavy atom. The molecule has 2 aromatic carbocycles. The molecule has 44 heavy (non-hydrogen) atoms. The number of alkyl halides is 3. The molecular formula is C35H31F3N4O2. The van der Waals surface area contributed by atoms with E-state index in [4.69, 9.17) is 0 Å². The van der Waals surface area contributed by atoms with E-state index < -0.39 is 23.8 Å². The van der Waals surface area contributed by atoms with Crippen molar-refractivity contribution in [3.8, 4) is 17.2 Å². The summed E-state index contributed by atoms with van der Waals surface area (Å²) < 4.78 is 43.6. The van der Waals surface area contributed by atoms with Crippen LogP contribution in [0.15, 0.2) is 79.3 Å². The molecule has 0 spiro atoms. The maximum absolute atomic E-state index is 14.5. The lowest BCUT2D eigenvalue weighted by atomic mass is 9.92. The van der Waals surface area contributed by atoms with Crippen LogP contribution in [0.4, 0.5) is 13.2 Å². The van der Waals surface area contributed by atoms with Gasteiger partial charge in [-0.1, -0.05) is 55.0 Å². The highest BCUT2D eigenvalue weighted by atomic mass is 19.4. The maximum atomic E-state index is 14.5. The van der Waals surface area contributed by atoms with Crippen LogP contribution in [0.5, 0.6) is 0 Å². The summed E-state index contributed by atoms with van der Waals surface area (Å²) in [6.45, 7) is 0.605. The number of piperidine rings is 1. The monoisotopic (exact) mass is 596 g/mol. The van der Waals surface area contributed by atoms with Crippen LogP contribution in [0.1, 0.15) is 58.3 Å². The summed E-state index contributed by atoms with van der Waals surface area (Å²) >= 11 is 0. The summed E-state index contributed by atoms with van der Waals surface area (Å²) in [6, 6.07) is 18.8. The van der Waals surface area contributed by atoms with E-state index in [9.17, 15) is 28.3 Å². The highest BCUT2D eigenvalue weighted by Gasteiger charge is 2.35. The summed E-state index contributed by atoms with van der Waals surface area (Å²) in [5.41, 5.74) is 3.19. The number of hydrogen-bond acceptors (Lipinski definition) is 5. The van der Waals surface area contributed by atoms with E-state index in [0.717, 1.165) is 30.0 Å². The molecule has 1 atom stereocenters. The molecular weight excluding hydrogens is 565 g/mol. The fourth-order valence-corrected chi connectivity index (χ4v) is 5.72. The number of halogens is 3. The van der Waals surface area contributed by atoms with Crippen molar-refractivity contribution < 1.29 is 23.1 Å². The van der Waals surface area contributed by atoms with Gasteiger partial charge in [0.25, 0.3) is 0 Å². The van der Waals surface area contributed by atoms with Crippen molar-refractivity contribution in [1.82, 2.24) is 14.9 Å². The SMILES string of the molecule is N#Cc1c(-c2ccccc2)ccnc1/C=C/c1cc(CCc2cccnc2)c(CN2CCCCC2C(=O)O)cc1C(F)(F)F. The van der Waals surface area contributed by atoms with Crippen molar-refractivity contribution in [3.63, 3.8) is 0 Å². The third-order valence-electron chi connectivity index (χ3n) is 7.95. The van der Waals surface area contributed by atoms with Crippen LogP contribution < -0.4 is 0 Å². The zero-order valence-corrected chi connectivity index (χ0v) is 24.0. The predicted molar refractivity (Wildman–Crippen MR) is 162 cm³/mol. The number of likely N-dealkylation sites (tertiary alicyclic amines) is 1. The molecule has 0 amide bonds. The van der Waals surface area contributed by atoms with Gasteiger partial charge in [0.1, 0.15) is 12.1 Å². The third kappa shape index (κ3) is 7.21. The molecule has 4 aromatic rings. The van der Waals surface area contributed by atoms with Gasteiger partial charge in [-0.2, -0.15) is 18.4 Å². The van der Waals surface area contributed by atoms with Crippen LogP contribution in [-0.4, -0.2) is 38.5 Å². The summed E-state index contributed by atoms with van der Waals surface area (Å²) in [7, 11) is 0. The summed E-state index contributed by atoms with van der Waals surface area (Å²) in [6.07, 6.45) is 6.08. The number of nitriles is 1. The number of benzene rings is 2. The first kappa shape index (κ1) is 30.6. The van der Waals surface area contributed by atoms with E-state index in [1.165, 1.54) is 24.4 Å². The molecule has 3 heterocycles. The number of hydrogen-bond donors (Lipinski definition) is 1. The standard InChI is InChI=1S/C35H31F3N4O2/c36-35(37,38)31-20-28(23-42-18-5-4-10-33(42)34(43)44)26(12-11-24-7-6-16-40-22-24)19-27(31)13-14-32-30(21-39)29(15-17-41-32)25-8-2-1-3-9-25/h1-3,6-9,13-17,19-20,22,33H,4-5,10-12,18,23H2,(H,43,44)/b14-13+. The number of nitrogens with zero attached hydrogens (tertiary/aromatic N) is 4. The van der Waals surface area contributed by atoms with Gasteiger partial charge >= 0.3 is 12.1 Å². The Hall–Kier alpha value is -4.81. The van der Waals surface area contributed by atoms with E-state index in [1.54, 1.807) is 23.4 Å². The van der Waals surface area contributed by atoms with E-state index in [1.807, 2.05) is 42.5 Å². The summed E-state index contributed by atoms with van der Waals surface area (Å²) in [5.74, 6) is -0.962. The maximum Gasteiger partial charge on any atom is 0.416 e. The lowest BCUT2D eigenvalue weighted by molar-refractivity contribution is -0.145. The van der Waals surface area contributed by atoms with E-state index in [0.29, 0.717) is 42.5 Å². The molecule has 0 radical (unpaired) electrons. The Morgan fingerprint density at radius 2 is 1.84 bits per heavy atom. The van der Waals surface area contributed by atoms with Gasteiger partial charge in [0.05, 0.1) is 16.8 Å². The van der Waals surface area contributed by atoms with Gasteiger partial charge < -0.3 is 5.11 Å². The number of aromatic nitrogens is 2. The van der Waals surface area contributed by atoms with Crippen molar-refractivity contribution in [1.29, 1.82) is 5.26 Å². The second kappa shape index (κ2) is 13.7. The highest BCUT2D eigenvalue weighted by Crippen LogP contribution is 2.36. The molecule has 1 aliphatic rings. The number of aliphatic carboxylic acids is 1. The number of carboxylic acid groups (broad SMARTS) is 1. The molecule has 1 fully saturated rings. The third-order valence-corrected chi connectivity index (χ3v) is 7.95. The van der Waals surface area contributed by atoms with Crippen LogP contribution in [0.3, 0.4) is 0 Å². The Balaban J connectivity index is 1.57. The summed E-state index contributed by atoms with van der Waals surface area (Å²) in [4.78, 5) is 22.2. The van der Waals surface area contributed by atoms with Crippen molar-refractivity contribution in [2.45, 2.75) is 50.9 Å². The molecule has 0 saturated carbocycles. The molecule has 0 aliphatic carbocycles. The zero-order chi connectivity index (χ0) is 31.1. The molecule has 1 unspecified atom stereocenters. The van der Waals surface area contributed by atoms with Gasteiger partial charge in [-0.3, -0.25) is 19.7 Å². The fourth-order valence-electron chi connectivity index (χ4n) is 5.72. The topological polar surface area (TPSA) is 90.1 Å². The predicted octanol–water partition coefficient (Wildman–Crippen LogP) is 7.43. The second-order valence-corrected chi connectivity index (χ2v) is 10.8. The number of carbonyl (C=O) groups is 1. The average Bonchev–Trinajstić information content (AvgIpc) is 3.03. The lowest BCUT2D eigenvalue weighted by Gasteiger charge is -2.33. The molecule has 0 bridgehead atoms. The average molecular weight is 597 g/mol. The molecule has 6 nitrogen and oxygen atoms in total. The zero-order valence-electron chi connectivity index (χ0n) is 24.0. The fraction of sp³-hybridized carbons (Fsp3) is 0.257. The van der Waals surface area contributed by atoms with Gasteiger partial charge in [0.15, 0.2) is 0 Å². The van der Waals surface area contributed by atoms with Crippen LogP contribution in [0, 0.1) is 11.3 Å². The molecule has 1 N–H and O–H groups in total. The minimum absolute atomic E-state index is 0.0494. The molecule has 2 aromatic heterocycles. The number of carboxylic acids is 1. The van der Waals surface area contributed by atoms with Gasteiger partial charge in [-0.05, 0) is 84.3 Å². The Labute approximate surface area is 254 Å². The van der Waals surface area contributed by atoms with Crippen LogP contribution >= 0.6 is 0 Å². The van der Waals surface area contributed by atoms with Crippen molar-refractivity contribution in [2.75, 3.05) is 6.54 Å². The quantitative estimate of drug-likeness (QED) is 0.216. The van der Waals surface area contributed by atoms with Gasteiger partial charge in [0.2, 0.25) is 0 Å². The van der Waals surface area contributed by atoms with Gasteiger partial charge in [0, 0.05) is 30.7 Å². The highest BCUT2D eigenvalue weighted by molar-refractivity contribution is 5.79. The van der Waals surface area contributed by atoms with E-state index >= 15 is 0 Å². The van der Waals surface area contributed by atoms with Crippen molar-refractivity contribution >= 4 is 18.1 Å². The van der Waals surface area contributed by atoms with Gasteiger partial charge in [-0.15, -0.1) is 0 Å². The van der Waals surface area contributed by atoms with Crippen LogP contribution in [-0.2, 0) is 30.4 Å². The first-order valence-corrected chi connectivity index (χ1v) is 14.5. The first-order valence-electron chi connectivity index (χ1n) is 14.5. The Morgan fingerprint density at radius 1 is 1.02 bits per heavy atom. The van der Waals surface area contributed by atoms with E-state index in [2.05, 4.69) is 16.0 Å². The summed E-state index contributed by atoms with van der Waals surface area (Å²) in [5, 5.41) is 19.7. The van der Waals surface area contributed by atoms with Crippen molar-refractivity contribution in [2.24, 2.45) is 0 Å². The largest absolute Gasteiger partial charge is 0.480 e. The first-order chi connectivity index (χ1) is 21.2. The Kier molecular flexibility index (Phi) is 9.51. The smallest absolute Gasteiger partial charge is 0.416 e. The minimum atomic E-state index is -4.66. The number of rotatable bonds is 9. The van der Waals surface area contributed by atoms with Crippen LogP contribution in [0.2, 0.25) is 0 Å². The molecule has 224 valence electrons. The number of aryl methyl sites for hydroxylation is 2. The normalized spacial score (nSPS) is 15.7. The number of pyridine rings is 2. The minimum Gasteiger partial charge on any atom is -0.480 e. The molecule has 9 heteroatoms. The van der Waals surface area contributed by atoms with Crippen LogP contribution in [0.25, 0.3) is 23.3 Å². The molecule has 1 aliphatic heterocycles. The lowest BCUT2D eigenvalue weighted by Crippen LogP contribution is -2.44. The molecule has 5 rings (SSSR count). The second-order valence-electron chi connectivity index (χ2n) is 10.8.